The van der Waals surface area contributed by atoms with Crippen LogP contribution in [0.25, 0.3) is 27.3 Å². The summed E-state index contributed by atoms with van der Waals surface area (Å²) in [6, 6.07) is 25.1. The second-order valence-corrected chi connectivity index (χ2v) is 12.2. The summed E-state index contributed by atoms with van der Waals surface area (Å²) in [6.07, 6.45) is 1.58. The van der Waals surface area contributed by atoms with E-state index >= 15 is 0 Å². The summed E-state index contributed by atoms with van der Waals surface area (Å²) in [5.41, 5.74) is 5.67. The number of carbonyl (C=O) groups excluding carboxylic acids is 1. The van der Waals surface area contributed by atoms with Crippen molar-refractivity contribution >= 4 is 40.7 Å². The molecule has 0 bridgehead atoms. The number of hydrogen-bond donors (Lipinski definition) is 1. The van der Waals surface area contributed by atoms with Crippen molar-refractivity contribution in [2.75, 3.05) is 13.2 Å². The highest BCUT2D eigenvalue weighted by Crippen LogP contribution is 2.44. The van der Waals surface area contributed by atoms with Crippen molar-refractivity contribution in [2.45, 2.75) is 44.8 Å². The van der Waals surface area contributed by atoms with Crippen molar-refractivity contribution in [1.82, 2.24) is 5.32 Å². The van der Waals surface area contributed by atoms with Crippen molar-refractivity contribution in [2.24, 2.45) is 0 Å². The Morgan fingerprint density at radius 1 is 0.949 bits per heavy atom. The minimum atomic E-state index is -0.581. The van der Waals surface area contributed by atoms with Crippen molar-refractivity contribution in [3.05, 3.63) is 100 Å². The van der Waals surface area contributed by atoms with Gasteiger partial charge in [-0.1, -0.05) is 66.7 Å². The molecule has 0 unspecified atom stereocenters. The summed E-state index contributed by atoms with van der Waals surface area (Å²) in [5.74, 6) is 0.0128. The van der Waals surface area contributed by atoms with Gasteiger partial charge < -0.3 is 19.4 Å². The molecule has 1 fully saturated rings. The molecular formula is C32H32BNO4S. The van der Waals surface area contributed by atoms with Gasteiger partial charge in [0.2, 0.25) is 0 Å². The molecule has 0 atom stereocenters. The fraction of sp³-hybridized carbons (Fsp3) is 0.281. The maximum atomic E-state index is 12.9. The number of nitrogens with one attached hydrogen (secondary N) is 1. The van der Waals surface area contributed by atoms with E-state index in [-0.39, 0.29) is 19.1 Å². The average Bonchev–Trinajstić information content (AvgIpc) is 3.57. The van der Waals surface area contributed by atoms with Crippen LogP contribution in [0, 0.1) is 0 Å². The minimum absolute atomic E-state index is 0.0128. The molecule has 1 N–H and O–H groups in total. The lowest BCUT2D eigenvalue weighted by Crippen LogP contribution is -2.41. The summed E-state index contributed by atoms with van der Waals surface area (Å²) < 4.78 is 19.7. The van der Waals surface area contributed by atoms with Crippen LogP contribution in [0.2, 0.25) is 0 Å². The second-order valence-electron chi connectivity index (χ2n) is 11.2. The maximum Gasteiger partial charge on any atom is 0.492 e. The van der Waals surface area contributed by atoms with Crippen LogP contribution in [0.1, 0.15) is 50.3 Å². The van der Waals surface area contributed by atoms with Crippen molar-refractivity contribution in [1.29, 1.82) is 0 Å². The van der Waals surface area contributed by atoms with Crippen molar-refractivity contribution < 1.29 is 18.8 Å². The Balaban J connectivity index is 1.18. The average molecular weight is 537 g/mol. The lowest BCUT2D eigenvalue weighted by molar-refractivity contribution is 0.00578. The predicted molar refractivity (Wildman–Crippen MR) is 159 cm³/mol. The largest absolute Gasteiger partial charge is 0.492 e. The zero-order valence-electron chi connectivity index (χ0n) is 22.7. The molecule has 0 saturated carbocycles. The Hall–Kier alpha value is -3.39. The van der Waals surface area contributed by atoms with E-state index in [4.69, 9.17) is 14.0 Å². The van der Waals surface area contributed by atoms with Gasteiger partial charge in [0.15, 0.2) is 0 Å². The topological polar surface area (TPSA) is 56.8 Å². The van der Waals surface area contributed by atoms with Crippen LogP contribution in [0.3, 0.4) is 0 Å². The molecule has 5 nitrogen and oxygen atoms in total. The molecule has 1 saturated heterocycles. The monoisotopic (exact) mass is 537 g/mol. The number of amides is 1. The van der Waals surface area contributed by atoms with Crippen LogP contribution in [-0.2, 0) is 14.0 Å². The lowest BCUT2D eigenvalue weighted by Gasteiger charge is -2.32. The van der Waals surface area contributed by atoms with Crippen LogP contribution >= 0.6 is 11.3 Å². The van der Waals surface area contributed by atoms with Crippen LogP contribution in [0.15, 0.2) is 83.6 Å². The number of fused-ring (bicyclic) bond motifs is 4. The Kier molecular flexibility index (Phi) is 6.62. The van der Waals surface area contributed by atoms with E-state index in [0.29, 0.717) is 0 Å². The van der Waals surface area contributed by atoms with E-state index in [9.17, 15) is 4.79 Å². The normalized spacial score (nSPS) is 17.7. The molecule has 39 heavy (non-hydrogen) atoms. The van der Waals surface area contributed by atoms with Crippen molar-refractivity contribution in [3.8, 4) is 11.1 Å². The highest BCUT2D eigenvalue weighted by Gasteiger charge is 2.52. The molecule has 1 aromatic heterocycles. The second kappa shape index (κ2) is 9.98. The van der Waals surface area contributed by atoms with Gasteiger partial charge in [-0.3, -0.25) is 0 Å². The number of ether oxygens (including phenoxy) is 1. The molecular weight excluding hydrogens is 505 g/mol. The molecule has 3 aromatic carbocycles. The minimum Gasteiger partial charge on any atom is -0.449 e. The smallest absolute Gasteiger partial charge is 0.449 e. The first-order valence-corrected chi connectivity index (χ1v) is 14.2. The van der Waals surface area contributed by atoms with Gasteiger partial charge in [0.1, 0.15) is 6.61 Å². The van der Waals surface area contributed by atoms with E-state index < -0.39 is 24.4 Å². The molecule has 6 rings (SSSR count). The number of carbonyl (C=O) groups is 1. The quantitative estimate of drug-likeness (QED) is 0.260. The third-order valence-electron chi connectivity index (χ3n) is 8.17. The molecule has 198 valence electrons. The maximum absolute atomic E-state index is 12.9. The van der Waals surface area contributed by atoms with E-state index in [0.717, 1.165) is 11.0 Å². The highest BCUT2D eigenvalue weighted by molar-refractivity contribution is 7.17. The SMILES string of the molecule is CC1(C)OB(C(=Cc2ccc3ccsc3c2)CNC(=O)OCC2c3ccccc3-c3ccccc32)OC1(C)C. The fourth-order valence-electron chi connectivity index (χ4n) is 5.30. The fourth-order valence-corrected chi connectivity index (χ4v) is 6.13. The number of hydrogen-bond acceptors (Lipinski definition) is 5. The zero-order valence-corrected chi connectivity index (χ0v) is 23.5. The molecule has 1 aliphatic heterocycles. The van der Waals surface area contributed by atoms with Gasteiger partial charge in [-0.15, -0.1) is 11.3 Å². The Bertz CT molecular complexity index is 1510. The first-order chi connectivity index (χ1) is 18.7. The van der Waals surface area contributed by atoms with Gasteiger partial charge >= 0.3 is 13.2 Å². The Morgan fingerprint density at radius 2 is 1.59 bits per heavy atom. The van der Waals surface area contributed by atoms with Crippen LogP contribution in [0.4, 0.5) is 4.79 Å². The molecule has 7 heteroatoms. The van der Waals surface area contributed by atoms with Gasteiger partial charge in [-0.25, -0.2) is 4.79 Å². The molecule has 1 amide bonds. The molecule has 0 spiro atoms. The number of alkyl carbamates (subject to hydrolysis) is 1. The van der Waals surface area contributed by atoms with E-state index in [2.05, 4.69) is 59.2 Å². The van der Waals surface area contributed by atoms with E-state index in [1.165, 1.54) is 32.3 Å². The Labute approximate surface area is 233 Å². The van der Waals surface area contributed by atoms with Crippen LogP contribution < -0.4 is 5.32 Å². The first-order valence-electron chi connectivity index (χ1n) is 13.3. The van der Waals surface area contributed by atoms with Gasteiger partial charge in [0, 0.05) is 17.2 Å². The van der Waals surface area contributed by atoms with Gasteiger partial charge in [0.25, 0.3) is 0 Å². The first kappa shape index (κ1) is 25.9. The summed E-state index contributed by atoms with van der Waals surface area (Å²) in [7, 11) is -0.581. The van der Waals surface area contributed by atoms with Gasteiger partial charge in [-0.05, 0) is 83.9 Å². The van der Waals surface area contributed by atoms with Gasteiger partial charge in [-0.2, -0.15) is 0 Å². The lowest BCUT2D eigenvalue weighted by atomic mass is 9.77. The van der Waals surface area contributed by atoms with Crippen LogP contribution in [-0.4, -0.2) is 37.6 Å². The molecule has 2 aliphatic rings. The van der Waals surface area contributed by atoms with Gasteiger partial charge in [0.05, 0.1) is 11.2 Å². The summed E-state index contributed by atoms with van der Waals surface area (Å²) in [4.78, 5) is 12.9. The number of rotatable bonds is 6. The Morgan fingerprint density at radius 3 is 2.26 bits per heavy atom. The van der Waals surface area contributed by atoms with E-state index in [1.807, 2.05) is 58.0 Å². The molecule has 0 radical (unpaired) electrons. The standard InChI is InChI=1S/C32H32BNO4S/c1-31(2)32(3,4)38-33(37-31)23(17-21-13-14-22-15-16-39-29(22)18-21)19-34-30(35)36-20-28-26-11-7-5-9-24(26)25-10-6-8-12-27(25)28/h5-18,28H,19-20H2,1-4H3,(H,34,35). The molecule has 1 aliphatic carbocycles. The van der Waals surface area contributed by atoms with Crippen molar-refractivity contribution in [3.63, 3.8) is 0 Å². The number of benzene rings is 3. The molecule has 4 aromatic rings. The predicted octanol–water partition coefficient (Wildman–Crippen LogP) is 7.45. The van der Waals surface area contributed by atoms with E-state index in [1.54, 1.807) is 11.3 Å². The zero-order chi connectivity index (χ0) is 27.2. The summed E-state index contributed by atoms with van der Waals surface area (Å²) in [6.45, 7) is 8.63. The summed E-state index contributed by atoms with van der Waals surface area (Å²) >= 11 is 1.71. The summed E-state index contributed by atoms with van der Waals surface area (Å²) in [5, 5.41) is 6.26. The molecule has 2 heterocycles. The third-order valence-corrected chi connectivity index (χ3v) is 9.05. The van der Waals surface area contributed by atoms with Crippen LogP contribution in [0.5, 0.6) is 0 Å². The third kappa shape index (κ3) is 4.91. The highest BCUT2D eigenvalue weighted by atomic mass is 32.1. The number of thiophene rings is 1.